The van der Waals surface area contributed by atoms with E-state index in [9.17, 15) is 0 Å². The number of hydrogen-bond donors (Lipinski definition) is 0. The first-order valence-corrected chi connectivity index (χ1v) is 10.5. The molecule has 1 aliphatic heterocycles. The van der Waals surface area contributed by atoms with Gasteiger partial charge in [-0.05, 0) is 55.2 Å². The Kier molecular flexibility index (Phi) is 3.44. The predicted octanol–water partition coefficient (Wildman–Crippen LogP) is 6.36. The largest absolute Gasteiger partial charge is 0.486 e. The van der Waals surface area contributed by atoms with E-state index in [1.165, 1.54) is 41.7 Å². The van der Waals surface area contributed by atoms with Crippen LogP contribution in [0, 0.1) is 11.3 Å². The molecule has 2 heteroatoms. The summed E-state index contributed by atoms with van der Waals surface area (Å²) in [5.74, 6) is 2.29. The summed E-state index contributed by atoms with van der Waals surface area (Å²) in [4.78, 5) is 1.52. The summed E-state index contributed by atoms with van der Waals surface area (Å²) < 4.78 is 6.97. The van der Waals surface area contributed by atoms with E-state index in [2.05, 4.69) is 55.3 Å². The van der Waals surface area contributed by atoms with E-state index in [1.54, 1.807) is 0 Å². The van der Waals surface area contributed by atoms with Gasteiger partial charge in [0.2, 0.25) is 0 Å². The van der Waals surface area contributed by atoms with Gasteiger partial charge in [0, 0.05) is 22.1 Å². The van der Waals surface area contributed by atoms with E-state index in [1.807, 2.05) is 11.3 Å². The average molecular weight is 351 g/mol. The Hall–Kier alpha value is -1.54. The number of benzene rings is 1. The number of rotatable bonds is 1. The third-order valence-corrected chi connectivity index (χ3v) is 8.30. The molecule has 2 saturated carbocycles. The Morgan fingerprint density at radius 2 is 2.04 bits per heavy atom. The molecule has 0 amide bonds. The number of hydrogen-bond acceptors (Lipinski definition) is 2. The van der Waals surface area contributed by atoms with Crippen molar-refractivity contribution in [1.29, 1.82) is 0 Å². The van der Waals surface area contributed by atoms with Crippen LogP contribution in [0.2, 0.25) is 0 Å². The van der Waals surface area contributed by atoms with Gasteiger partial charge in [-0.3, -0.25) is 0 Å². The summed E-state index contributed by atoms with van der Waals surface area (Å²) in [5.41, 5.74) is 2.73. The topological polar surface area (TPSA) is 9.23 Å². The van der Waals surface area contributed by atoms with Gasteiger partial charge in [0.1, 0.15) is 11.4 Å². The molecule has 1 spiro atoms. The van der Waals surface area contributed by atoms with Crippen LogP contribution < -0.4 is 4.74 Å². The van der Waals surface area contributed by atoms with Gasteiger partial charge in [0.05, 0.1) is 0 Å². The molecule has 2 heterocycles. The minimum Gasteiger partial charge on any atom is -0.486 e. The van der Waals surface area contributed by atoms with Crippen molar-refractivity contribution in [2.45, 2.75) is 57.0 Å². The third kappa shape index (κ3) is 2.07. The van der Waals surface area contributed by atoms with Crippen molar-refractivity contribution in [1.82, 2.24) is 0 Å². The van der Waals surface area contributed by atoms with Crippen molar-refractivity contribution in [3.63, 3.8) is 0 Å². The molecule has 1 aromatic heterocycles. The molecule has 130 valence electrons. The molecule has 0 N–H and O–H groups in total. The number of thiophene rings is 1. The van der Waals surface area contributed by atoms with Crippen LogP contribution in [0.1, 0.15) is 55.4 Å². The molecule has 0 bridgehead atoms. The van der Waals surface area contributed by atoms with Crippen molar-refractivity contribution in [3.8, 4) is 5.75 Å². The fourth-order valence-corrected chi connectivity index (χ4v) is 6.85. The first-order chi connectivity index (χ1) is 12.1. The van der Waals surface area contributed by atoms with Crippen molar-refractivity contribution in [2.75, 3.05) is 0 Å². The van der Waals surface area contributed by atoms with E-state index in [0.717, 1.165) is 18.6 Å². The summed E-state index contributed by atoms with van der Waals surface area (Å²) >= 11 is 1.91. The van der Waals surface area contributed by atoms with Gasteiger partial charge in [0.25, 0.3) is 0 Å². The lowest BCUT2D eigenvalue weighted by Crippen LogP contribution is -2.64. The van der Waals surface area contributed by atoms with Gasteiger partial charge < -0.3 is 4.74 Å². The summed E-state index contributed by atoms with van der Waals surface area (Å²) in [5, 5.41) is 2.22. The maximum Gasteiger partial charge on any atom is 0.123 e. The van der Waals surface area contributed by atoms with Gasteiger partial charge in [0.15, 0.2) is 0 Å². The zero-order chi connectivity index (χ0) is 17.1. The van der Waals surface area contributed by atoms with E-state index in [4.69, 9.17) is 4.74 Å². The van der Waals surface area contributed by atoms with Crippen molar-refractivity contribution >= 4 is 11.3 Å². The minimum absolute atomic E-state index is 0.0558. The highest BCUT2D eigenvalue weighted by molar-refractivity contribution is 7.10. The quantitative estimate of drug-likeness (QED) is 0.544. The molecule has 0 saturated heterocycles. The normalized spacial score (nSPS) is 36.8. The van der Waals surface area contributed by atoms with Gasteiger partial charge in [-0.25, -0.2) is 0 Å². The molecule has 5 rings (SSSR count). The van der Waals surface area contributed by atoms with Crippen LogP contribution in [0.25, 0.3) is 0 Å². The number of fused-ring (bicyclic) bond motifs is 1. The molecule has 2 aromatic rings. The Morgan fingerprint density at radius 3 is 2.88 bits per heavy atom. The molecule has 1 aromatic carbocycles. The molecular weight excluding hydrogens is 324 g/mol. The fraction of sp³-hybridized carbons (Fsp3) is 0.478. The van der Waals surface area contributed by atoms with Crippen molar-refractivity contribution in [2.24, 2.45) is 11.3 Å². The highest BCUT2D eigenvalue weighted by atomic mass is 32.1. The van der Waals surface area contributed by atoms with Crippen LogP contribution in [0.4, 0.5) is 0 Å². The maximum atomic E-state index is 6.97. The zero-order valence-corrected chi connectivity index (χ0v) is 15.8. The van der Waals surface area contributed by atoms with E-state index in [0.29, 0.717) is 11.8 Å². The van der Waals surface area contributed by atoms with E-state index < -0.39 is 0 Å². The average Bonchev–Trinajstić information content (AvgIpc) is 3.15. The second-order valence-corrected chi connectivity index (χ2v) is 9.37. The SMILES string of the molecule is C=C1C[C@H](c2cccs2)[C@H]2CCCC[C@]23Oc2ccccc2C[C@@]13C. The second kappa shape index (κ2) is 5.48. The molecule has 2 aliphatic carbocycles. The summed E-state index contributed by atoms with van der Waals surface area (Å²) in [6.45, 7) is 7.05. The zero-order valence-electron chi connectivity index (χ0n) is 15.0. The van der Waals surface area contributed by atoms with Crippen molar-refractivity contribution in [3.05, 3.63) is 64.4 Å². The molecule has 0 radical (unpaired) electrons. The summed E-state index contributed by atoms with van der Waals surface area (Å²) in [6, 6.07) is 13.2. The first-order valence-electron chi connectivity index (χ1n) is 9.63. The van der Waals surface area contributed by atoms with Crippen LogP contribution in [-0.4, -0.2) is 5.60 Å². The molecular formula is C23H26OS. The molecule has 4 atom stereocenters. The van der Waals surface area contributed by atoms with Crippen LogP contribution >= 0.6 is 11.3 Å². The van der Waals surface area contributed by atoms with E-state index >= 15 is 0 Å². The summed E-state index contributed by atoms with van der Waals surface area (Å²) in [7, 11) is 0. The lowest BCUT2D eigenvalue weighted by atomic mass is 9.48. The molecule has 0 unspecified atom stereocenters. The predicted molar refractivity (Wildman–Crippen MR) is 104 cm³/mol. The highest BCUT2D eigenvalue weighted by Gasteiger charge is 2.63. The third-order valence-electron chi connectivity index (χ3n) is 7.30. The number of ether oxygens (including phenoxy) is 1. The number of para-hydroxylation sites is 1. The Morgan fingerprint density at radius 1 is 1.16 bits per heavy atom. The van der Waals surface area contributed by atoms with Gasteiger partial charge in [-0.15, -0.1) is 11.3 Å². The highest BCUT2D eigenvalue weighted by Crippen LogP contribution is 2.65. The smallest absolute Gasteiger partial charge is 0.123 e. The van der Waals surface area contributed by atoms with E-state index in [-0.39, 0.29) is 11.0 Å². The van der Waals surface area contributed by atoms with Crippen molar-refractivity contribution < 1.29 is 4.74 Å². The van der Waals surface area contributed by atoms with Crippen LogP contribution in [0.5, 0.6) is 5.75 Å². The minimum atomic E-state index is -0.0798. The standard InChI is InChI=1S/C23H26OS/c1-16-14-18(21-11-7-13-25-21)19-9-5-6-12-23(19)22(16,2)15-17-8-3-4-10-20(17)24-23/h3-4,7-8,10-11,13,18-19H,1,5-6,9,12,14-15H2,2H3/t18-,19+,22-,23-/m0/s1. The fourth-order valence-electron chi connectivity index (χ4n) is 5.96. The summed E-state index contributed by atoms with van der Waals surface area (Å²) in [6.07, 6.45) is 7.27. The maximum absolute atomic E-state index is 6.97. The molecule has 2 fully saturated rings. The Balaban J connectivity index is 1.67. The van der Waals surface area contributed by atoms with Crippen LogP contribution in [0.15, 0.2) is 53.9 Å². The van der Waals surface area contributed by atoms with Gasteiger partial charge >= 0.3 is 0 Å². The monoisotopic (exact) mass is 350 g/mol. The first kappa shape index (κ1) is 15.7. The lowest BCUT2D eigenvalue weighted by Gasteiger charge is -2.63. The van der Waals surface area contributed by atoms with Crippen LogP contribution in [0.3, 0.4) is 0 Å². The Bertz CT molecular complexity index is 807. The molecule has 25 heavy (non-hydrogen) atoms. The molecule has 3 aliphatic rings. The van der Waals surface area contributed by atoms with Gasteiger partial charge in [-0.1, -0.05) is 49.8 Å². The van der Waals surface area contributed by atoms with Crippen LogP contribution in [-0.2, 0) is 6.42 Å². The van der Waals surface area contributed by atoms with Gasteiger partial charge in [-0.2, -0.15) is 0 Å². The Labute approximate surface area is 154 Å². The second-order valence-electron chi connectivity index (χ2n) is 8.39. The molecule has 1 nitrogen and oxygen atoms in total. The lowest BCUT2D eigenvalue weighted by molar-refractivity contribution is -0.138.